The fourth-order valence-electron chi connectivity index (χ4n) is 1.83. The van der Waals surface area contributed by atoms with Gasteiger partial charge >= 0.3 is 6.18 Å². The van der Waals surface area contributed by atoms with Crippen molar-refractivity contribution in [3.05, 3.63) is 63.8 Å². The molecule has 1 aromatic heterocycles. The summed E-state index contributed by atoms with van der Waals surface area (Å²) >= 11 is 0. The van der Waals surface area contributed by atoms with Gasteiger partial charge < -0.3 is 5.32 Å². The molecule has 0 unspecified atom stereocenters. The number of pyridine rings is 1. The van der Waals surface area contributed by atoms with Gasteiger partial charge in [-0.15, -0.1) is 0 Å². The van der Waals surface area contributed by atoms with E-state index in [4.69, 9.17) is 0 Å². The van der Waals surface area contributed by atoms with Gasteiger partial charge in [0.1, 0.15) is 5.82 Å². The molecular weight excluding hydrogens is 315 g/mol. The average molecular weight is 325 g/mol. The quantitative estimate of drug-likeness (QED) is 0.691. The lowest BCUT2D eigenvalue weighted by atomic mass is 10.1. The van der Waals surface area contributed by atoms with Crippen molar-refractivity contribution in [3.8, 4) is 0 Å². The minimum absolute atomic E-state index is 0.0680. The first-order chi connectivity index (χ1) is 10.8. The predicted molar refractivity (Wildman–Crippen MR) is 74.7 cm³/mol. The molecule has 0 saturated carbocycles. The number of carbonyl (C=O) groups excluding carboxylic acids is 1. The second kappa shape index (κ2) is 6.42. The van der Waals surface area contributed by atoms with Gasteiger partial charge in [-0.25, -0.2) is 4.98 Å². The molecule has 1 N–H and O–H groups in total. The third-order valence-corrected chi connectivity index (χ3v) is 2.90. The smallest absolute Gasteiger partial charge is 0.310 e. The molecule has 1 heterocycles. The van der Waals surface area contributed by atoms with Crippen LogP contribution in [0.3, 0.4) is 0 Å². The van der Waals surface area contributed by atoms with Crippen LogP contribution in [0.5, 0.6) is 0 Å². The Morgan fingerprint density at radius 1 is 1.22 bits per heavy atom. The zero-order chi connectivity index (χ0) is 17.0. The molecule has 1 aromatic carbocycles. The maximum Gasteiger partial charge on any atom is 0.417 e. The van der Waals surface area contributed by atoms with Crippen molar-refractivity contribution in [1.82, 2.24) is 4.98 Å². The molecule has 2 rings (SSSR count). The summed E-state index contributed by atoms with van der Waals surface area (Å²) < 4.78 is 37.2. The lowest BCUT2D eigenvalue weighted by molar-refractivity contribution is -0.385. The second-order valence-electron chi connectivity index (χ2n) is 4.54. The summed E-state index contributed by atoms with van der Waals surface area (Å²) in [6.45, 7) is 0. The highest BCUT2D eigenvalue weighted by atomic mass is 19.4. The van der Waals surface area contributed by atoms with Gasteiger partial charge in [-0.1, -0.05) is 18.2 Å². The number of halogens is 3. The third-order valence-electron chi connectivity index (χ3n) is 2.90. The van der Waals surface area contributed by atoms with E-state index in [1.807, 2.05) is 0 Å². The zero-order valence-corrected chi connectivity index (χ0v) is 11.5. The van der Waals surface area contributed by atoms with Crippen molar-refractivity contribution in [2.45, 2.75) is 12.6 Å². The van der Waals surface area contributed by atoms with Crippen molar-refractivity contribution in [3.63, 3.8) is 0 Å². The van der Waals surface area contributed by atoms with Crippen molar-refractivity contribution in [2.24, 2.45) is 0 Å². The molecule has 0 radical (unpaired) electrons. The average Bonchev–Trinajstić information content (AvgIpc) is 2.47. The monoisotopic (exact) mass is 325 g/mol. The van der Waals surface area contributed by atoms with Crippen LogP contribution in [0.15, 0.2) is 42.6 Å². The summed E-state index contributed by atoms with van der Waals surface area (Å²) in [4.78, 5) is 25.6. The van der Waals surface area contributed by atoms with Crippen LogP contribution in [0.2, 0.25) is 0 Å². The first-order valence-electron chi connectivity index (χ1n) is 6.33. The molecule has 2 aromatic rings. The van der Waals surface area contributed by atoms with E-state index in [1.54, 1.807) is 6.07 Å². The zero-order valence-electron chi connectivity index (χ0n) is 11.5. The van der Waals surface area contributed by atoms with Gasteiger partial charge in [0.2, 0.25) is 5.91 Å². The Morgan fingerprint density at radius 2 is 1.91 bits per heavy atom. The van der Waals surface area contributed by atoms with E-state index in [1.165, 1.54) is 18.2 Å². The number of alkyl halides is 3. The molecule has 0 aliphatic carbocycles. The van der Waals surface area contributed by atoms with E-state index in [9.17, 15) is 28.1 Å². The number of hydrogen-bond donors (Lipinski definition) is 1. The number of aromatic nitrogens is 1. The third kappa shape index (κ3) is 4.25. The number of amides is 1. The van der Waals surface area contributed by atoms with Gasteiger partial charge in [0, 0.05) is 17.8 Å². The highest BCUT2D eigenvalue weighted by molar-refractivity contribution is 5.91. The van der Waals surface area contributed by atoms with Crippen molar-refractivity contribution in [2.75, 3.05) is 5.32 Å². The first kappa shape index (κ1) is 16.4. The summed E-state index contributed by atoms with van der Waals surface area (Å²) in [6, 6.07) is 7.51. The molecule has 1 amide bonds. The highest BCUT2D eigenvalue weighted by Crippen LogP contribution is 2.28. The number of nitrogens with one attached hydrogen (secondary N) is 1. The number of nitrogens with zero attached hydrogens (tertiary/aromatic N) is 2. The van der Waals surface area contributed by atoms with E-state index < -0.39 is 22.6 Å². The fourth-order valence-corrected chi connectivity index (χ4v) is 1.83. The lowest BCUT2D eigenvalue weighted by Crippen LogP contribution is -2.16. The van der Waals surface area contributed by atoms with E-state index >= 15 is 0 Å². The van der Waals surface area contributed by atoms with Gasteiger partial charge in [0.15, 0.2) is 0 Å². The SMILES string of the molecule is O=C(Cc1ccccc1[N+](=O)[O-])Nc1ccc(C(F)(F)F)cn1. The van der Waals surface area contributed by atoms with Crippen LogP contribution in [-0.4, -0.2) is 15.8 Å². The minimum Gasteiger partial charge on any atom is -0.310 e. The molecule has 6 nitrogen and oxygen atoms in total. The highest BCUT2D eigenvalue weighted by Gasteiger charge is 2.30. The molecule has 23 heavy (non-hydrogen) atoms. The molecule has 0 aliphatic rings. The molecule has 0 spiro atoms. The summed E-state index contributed by atoms with van der Waals surface area (Å²) in [5.74, 6) is -0.687. The second-order valence-corrected chi connectivity index (χ2v) is 4.54. The van der Waals surface area contributed by atoms with Gasteiger partial charge in [-0.05, 0) is 12.1 Å². The van der Waals surface area contributed by atoms with Crippen LogP contribution < -0.4 is 5.32 Å². The number of rotatable bonds is 4. The van der Waals surface area contributed by atoms with Crippen molar-refractivity contribution < 1.29 is 22.9 Å². The summed E-state index contributed by atoms with van der Waals surface area (Å²) in [5, 5.41) is 13.1. The Bertz CT molecular complexity index is 730. The Morgan fingerprint density at radius 3 is 2.48 bits per heavy atom. The summed E-state index contributed by atoms with van der Waals surface area (Å²) in [6.07, 6.45) is -4.21. The Balaban J connectivity index is 2.07. The molecule has 9 heteroatoms. The van der Waals surface area contributed by atoms with Crippen LogP contribution in [0.4, 0.5) is 24.7 Å². The largest absolute Gasteiger partial charge is 0.417 e. The Labute approximate surface area is 128 Å². The van der Waals surface area contributed by atoms with E-state index in [-0.39, 0.29) is 23.5 Å². The summed E-state index contributed by atoms with van der Waals surface area (Å²) in [7, 11) is 0. The van der Waals surface area contributed by atoms with Crippen molar-refractivity contribution >= 4 is 17.4 Å². The topological polar surface area (TPSA) is 85.1 Å². The Hall–Kier alpha value is -2.97. The van der Waals surface area contributed by atoms with Crippen LogP contribution >= 0.6 is 0 Å². The number of para-hydroxylation sites is 1. The number of nitro groups is 1. The predicted octanol–water partition coefficient (Wildman–Crippen LogP) is 3.19. The Kier molecular flexibility index (Phi) is 4.58. The van der Waals surface area contributed by atoms with Gasteiger partial charge in [-0.2, -0.15) is 13.2 Å². The maximum absolute atomic E-state index is 12.4. The van der Waals surface area contributed by atoms with Gasteiger partial charge in [0.25, 0.3) is 5.69 Å². The minimum atomic E-state index is -4.51. The van der Waals surface area contributed by atoms with Crippen molar-refractivity contribution in [1.29, 1.82) is 0 Å². The van der Waals surface area contributed by atoms with Gasteiger partial charge in [0.05, 0.1) is 16.9 Å². The van der Waals surface area contributed by atoms with Crippen LogP contribution in [0.25, 0.3) is 0 Å². The molecule has 0 saturated heterocycles. The number of anilines is 1. The van der Waals surface area contributed by atoms with E-state index in [0.29, 0.717) is 6.20 Å². The number of nitro benzene ring substituents is 1. The van der Waals surface area contributed by atoms with E-state index in [2.05, 4.69) is 10.3 Å². The standard InChI is InChI=1S/C14H10F3N3O3/c15-14(16,17)10-5-6-12(18-8-10)19-13(21)7-9-3-1-2-4-11(9)20(22)23/h1-6,8H,7H2,(H,18,19,21). The van der Waals surface area contributed by atoms with Crippen LogP contribution in [0, 0.1) is 10.1 Å². The number of carbonyl (C=O) groups is 1. The molecule has 0 atom stereocenters. The molecule has 120 valence electrons. The summed E-state index contributed by atoms with van der Waals surface area (Å²) in [5.41, 5.74) is -0.945. The molecular formula is C14H10F3N3O3. The maximum atomic E-state index is 12.4. The lowest BCUT2D eigenvalue weighted by Gasteiger charge is -2.08. The van der Waals surface area contributed by atoms with Crippen LogP contribution in [0.1, 0.15) is 11.1 Å². The van der Waals surface area contributed by atoms with E-state index in [0.717, 1.165) is 12.1 Å². The number of benzene rings is 1. The first-order valence-corrected chi connectivity index (χ1v) is 6.33. The fraction of sp³-hybridized carbons (Fsp3) is 0.143. The molecule has 0 aliphatic heterocycles. The number of hydrogen-bond acceptors (Lipinski definition) is 4. The molecule has 0 bridgehead atoms. The molecule has 0 fully saturated rings. The normalized spacial score (nSPS) is 11.1. The van der Waals surface area contributed by atoms with Crippen LogP contribution in [-0.2, 0) is 17.4 Å². The van der Waals surface area contributed by atoms with Gasteiger partial charge in [-0.3, -0.25) is 14.9 Å².